The second kappa shape index (κ2) is 9.35. The van der Waals surface area contributed by atoms with E-state index in [1.54, 1.807) is 26.2 Å². The molecule has 2 aromatic carbocycles. The number of anilines is 1. The van der Waals surface area contributed by atoms with Gasteiger partial charge in [-0.1, -0.05) is 27.7 Å². The van der Waals surface area contributed by atoms with Gasteiger partial charge in [-0.15, -0.1) is 0 Å². The lowest BCUT2D eigenvalue weighted by Gasteiger charge is -2.42. The van der Waals surface area contributed by atoms with Crippen molar-refractivity contribution in [1.82, 2.24) is 4.90 Å². The Bertz CT molecular complexity index is 1130. The molecule has 32 heavy (non-hydrogen) atoms. The van der Waals surface area contributed by atoms with Crippen LogP contribution in [0.2, 0.25) is 0 Å². The third-order valence-electron chi connectivity index (χ3n) is 5.59. The summed E-state index contributed by atoms with van der Waals surface area (Å²) in [6, 6.07) is 13.6. The molecule has 166 valence electrons. The number of methoxy groups -OCH3 is 3. The fraction of sp³-hybridized carbons (Fsp3) is 0.304. The quantitative estimate of drug-likeness (QED) is 0.571. The molecule has 0 aliphatic carbocycles. The molecule has 0 bridgehead atoms. The van der Waals surface area contributed by atoms with E-state index < -0.39 is 0 Å². The number of allylic oxidation sites excluding steroid dienone is 1. The molecule has 0 N–H and O–H groups in total. The standard InChI is InChI=1S/C23H22BrN3O4S/c1-29-15-5-6-19(21(9-15)31-3)26-12-27-22(28)10-16(18(11-25)23(27)32-13-26)17-8-14(24)4-7-20(17)30-2/h4-9,16H,10,12-13H2,1-3H3/t16-/m1/s1. The Kier molecular flexibility index (Phi) is 6.53. The molecule has 0 spiro atoms. The van der Waals surface area contributed by atoms with Gasteiger partial charge < -0.3 is 19.1 Å². The molecule has 2 aliphatic rings. The van der Waals surface area contributed by atoms with E-state index in [4.69, 9.17) is 14.2 Å². The Morgan fingerprint density at radius 2 is 1.88 bits per heavy atom. The number of rotatable bonds is 5. The molecule has 0 unspecified atom stereocenters. The van der Waals surface area contributed by atoms with Crippen molar-refractivity contribution < 1.29 is 19.0 Å². The molecular formula is C23H22BrN3O4S. The zero-order chi connectivity index (χ0) is 22.8. The molecule has 1 atom stereocenters. The zero-order valence-electron chi connectivity index (χ0n) is 17.9. The molecular weight excluding hydrogens is 494 g/mol. The maximum atomic E-state index is 13.2. The Morgan fingerprint density at radius 1 is 1.09 bits per heavy atom. The average molecular weight is 516 g/mol. The van der Waals surface area contributed by atoms with E-state index in [0.717, 1.165) is 15.7 Å². The predicted octanol–water partition coefficient (Wildman–Crippen LogP) is 4.69. The van der Waals surface area contributed by atoms with Crippen LogP contribution in [0.3, 0.4) is 0 Å². The van der Waals surface area contributed by atoms with Crippen LogP contribution in [0, 0.1) is 11.3 Å². The highest BCUT2D eigenvalue weighted by molar-refractivity contribution is 9.10. The smallest absolute Gasteiger partial charge is 0.229 e. The van der Waals surface area contributed by atoms with E-state index >= 15 is 0 Å². The Hall–Kier alpha value is -2.83. The third kappa shape index (κ3) is 4.00. The van der Waals surface area contributed by atoms with Crippen molar-refractivity contribution in [1.29, 1.82) is 5.26 Å². The van der Waals surface area contributed by atoms with Crippen molar-refractivity contribution in [2.24, 2.45) is 0 Å². The highest BCUT2D eigenvalue weighted by Crippen LogP contribution is 2.46. The van der Waals surface area contributed by atoms with Gasteiger partial charge in [-0.2, -0.15) is 5.26 Å². The maximum absolute atomic E-state index is 13.2. The summed E-state index contributed by atoms with van der Waals surface area (Å²) in [4.78, 5) is 17.0. The van der Waals surface area contributed by atoms with Crippen LogP contribution in [-0.4, -0.2) is 44.7 Å². The van der Waals surface area contributed by atoms with Crippen LogP contribution < -0.4 is 19.1 Å². The van der Waals surface area contributed by atoms with Crippen molar-refractivity contribution in [3.8, 4) is 23.3 Å². The van der Waals surface area contributed by atoms with E-state index in [1.807, 2.05) is 36.4 Å². The lowest BCUT2D eigenvalue weighted by atomic mass is 9.86. The second-order valence-electron chi connectivity index (χ2n) is 7.29. The number of amides is 1. The lowest BCUT2D eigenvalue weighted by molar-refractivity contribution is -0.129. The summed E-state index contributed by atoms with van der Waals surface area (Å²) in [7, 11) is 4.81. The topological polar surface area (TPSA) is 75.0 Å². The van der Waals surface area contributed by atoms with Crippen molar-refractivity contribution in [2.75, 3.05) is 38.8 Å². The SMILES string of the molecule is COc1ccc(N2CSC3=C(C#N)[C@@H](c4cc(Br)ccc4OC)CC(=O)N3C2)c(OC)c1. The first kappa shape index (κ1) is 22.4. The van der Waals surface area contributed by atoms with Gasteiger partial charge in [-0.05, 0) is 30.3 Å². The molecule has 0 radical (unpaired) electrons. The average Bonchev–Trinajstić information content (AvgIpc) is 2.83. The largest absolute Gasteiger partial charge is 0.497 e. The van der Waals surface area contributed by atoms with E-state index in [-0.39, 0.29) is 18.2 Å². The zero-order valence-corrected chi connectivity index (χ0v) is 20.3. The molecule has 7 nitrogen and oxygen atoms in total. The minimum absolute atomic E-state index is 0.0318. The highest BCUT2D eigenvalue weighted by Gasteiger charge is 2.39. The molecule has 0 aromatic heterocycles. The fourth-order valence-electron chi connectivity index (χ4n) is 4.00. The summed E-state index contributed by atoms with van der Waals surface area (Å²) < 4.78 is 17.2. The number of benzene rings is 2. The van der Waals surface area contributed by atoms with Crippen LogP contribution in [-0.2, 0) is 4.79 Å². The number of fused-ring (bicyclic) bond motifs is 1. The highest BCUT2D eigenvalue weighted by atomic mass is 79.9. The lowest BCUT2D eigenvalue weighted by Crippen LogP contribution is -2.47. The Labute approximate surface area is 199 Å². The Morgan fingerprint density at radius 3 is 2.56 bits per heavy atom. The molecule has 2 aliphatic heterocycles. The van der Waals surface area contributed by atoms with Gasteiger partial charge in [0.2, 0.25) is 5.91 Å². The number of carbonyl (C=O) groups is 1. The summed E-state index contributed by atoms with van der Waals surface area (Å²) in [6.45, 7) is 0.345. The van der Waals surface area contributed by atoms with Crippen molar-refractivity contribution in [2.45, 2.75) is 12.3 Å². The van der Waals surface area contributed by atoms with E-state index in [2.05, 4.69) is 26.9 Å². The van der Waals surface area contributed by atoms with Gasteiger partial charge in [0.05, 0.1) is 56.2 Å². The van der Waals surface area contributed by atoms with Gasteiger partial charge in [0.25, 0.3) is 0 Å². The van der Waals surface area contributed by atoms with E-state index in [0.29, 0.717) is 40.4 Å². The van der Waals surface area contributed by atoms with Crippen molar-refractivity contribution in [3.05, 3.63) is 57.0 Å². The molecule has 0 saturated carbocycles. The van der Waals surface area contributed by atoms with Crippen molar-refractivity contribution >= 4 is 39.3 Å². The van der Waals surface area contributed by atoms with Gasteiger partial charge in [-0.25, -0.2) is 0 Å². The maximum Gasteiger partial charge on any atom is 0.229 e. The van der Waals surface area contributed by atoms with Crippen LogP contribution in [0.25, 0.3) is 0 Å². The fourth-order valence-corrected chi connectivity index (χ4v) is 5.54. The minimum Gasteiger partial charge on any atom is -0.497 e. The van der Waals surface area contributed by atoms with Crippen LogP contribution in [0.15, 0.2) is 51.5 Å². The van der Waals surface area contributed by atoms with Gasteiger partial charge in [0.15, 0.2) is 0 Å². The number of hydrogen-bond acceptors (Lipinski definition) is 7. The van der Waals surface area contributed by atoms with Crippen molar-refractivity contribution in [3.63, 3.8) is 0 Å². The summed E-state index contributed by atoms with van der Waals surface area (Å²) in [5, 5.41) is 10.8. The number of ether oxygens (including phenoxy) is 3. The number of halogens is 1. The third-order valence-corrected chi connectivity index (χ3v) is 7.24. The number of nitrogens with zero attached hydrogens (tertiary/aromatic N) is 3. The predicted molar refractivity (Wildman–Crippen MR) is 127 cm³/mol. The Balaban J connectivity index is 1.69. The number of hydrogen-bond donors (Lipinski definition) is 0. The van der Waals surface area contributed by atoms with Gasteiger partial charge in [-0.3, -0.25) is 9.69 Å². The van der Waals surface area contributed by atoms with Gasteiger partial charge in [0, 0.05) is 28.4 Å². The van der Waals surface area contributed by atoms with Crippen LogP contribution in [0.5, 0.6) is 17.2 Å². The summed E-state index contributed by atoms with van der Waals surface area (Å²) in [5.74, 6) is 2.23. The summed E-state index contributed by atoms with van der Waals surface area (Å²) in [5.41, 5.74) is 2.29. The normalized spacial score (nSPS) is 18.2. The minimum atomic E-state index is -0.347. The number of carbonyl (C=O) groups excluding carboxylic acids is 1. The first-order valence-electron chi connectivity index (χ1n) is 9.88. The first-order chi connectivity index (χ1) is 15.5. The van der Waals surface area contributed by atoms with E-state index in [9.17, 15) is 10.1 Å². The number of thioether (sulfide) groups is 1. The molecule has 1 saturated heterocycles. The summed E-state index contributed by atoms with van der Waals surface area (Å²) >= 11 is 4.97. The first-order valence-corrected chi connectivity index (χ1v) is 11.7. The number of nitriles is 1. The van der Waals surface area contributed by atoms with Gasteiger partial charge in [0.1, 0.15) is 17.2 Å². The second-order valence-corrected chi connectivity index (χ2v) is 9.14. The van der Waals surface area contributed by atoms with Crippen LogP contribution in [0.4, 0.5) is 5.69 Å². The molecule has 4 rings (SSSR count). The summed E-state index contributed by atoms with van der Waals surface area (Å²) in [6.07, 6.45) is 0.202. The monoisotopic (exact) mass is 515 g/mol. The van der Waals surface area contributed by atoms with Gasteiger partial charge >= 0.3 is 0 Å². The van der Waals surface area contributed by atoms with Crippen LogP contribution >= 0.6 is 27.7 Å². The molecule has 9 heteroatoms. The van der Waals surface area contributed by atoms with Crippen LogP contribution in [0.1, 0.15) is 17.9 Å². The van der Waals surface area contributed by atoms with E-state index in [1.165, 1.54) is 11.8 Å². The molecule has 1 fully saturated rings. The molecule has 2 aromatic rings. The molecule has 2 heterocycles. The molecule has 1 amide bonds.